The highest BCUT2D eigenvalue weighted by Crippen LogP contribution is 2.21. The number of carbonyl (C=O) groups excluding carboxylic acids is 1. The Morgan fingerprint density at radius 3 is 2.68 bits per heavy atom. The summed E-state index contributed by atoms with van der Waals surface area (Å²) >= 11 is 1.75. The van der Waals surface area contributed by atoms with Crippen LogP contribution >= 0.6 is 11.8 Å². The third-order valence-corrected chi connectivity index (χ3v) is 4.41. The molecule has 1 unspecified atom stereocenters. The molecule has 0 aromatic heterocycles. The molecule has 0 aliphatic heterocycles. The molecule has 3 nitrogen and oxygen atoms in total. The molecule has 0 aliphatic rings. The summed E-state index contributed by atoms with van der Waals surface area (Å²) in [6.07, 6.45) is 0. The molecule has 0 aliphatic carbocycles. The van der Waals surface area contributed by atoms with Crippen LogP contribution < -0.4 is 5.32 Å². The molecule has 4 heteroatoms. The quantitative estimate of drug-likeness (QED) is 0.780. The zero-order valence-corrected chi connectivity index (χ0v) is 13.0. The Kier molecular flexibility index (Phi) is 6.38. The van der Waals surface area contributed by atoms with Gasteiger partial charge in [0.25, 0.3) is 0 Å². The third-order valence-electron chi connectivity index (χ3n) is 3.11. The summed E-state index contributed by atoms with van der Waals surface area (Å²) in [6.45, 7) is 6.75. The van der Waals surface area contributed by atoms with Crippen molar-refractivity contribution < 1.29 is 9.53 Å². The molecule has 0 radical (unpaired) electrons. The summed E-state index contributed by atoms with van der Waals surface area (Å²) in [5.74, 6) is 1.40. The van der Waals surface area contributed by atoms with Gasteiger partial charge in [-0.2, -0.15) is 11.8 Å². The predicted molar refractivity (Wildman–Crippen MR) is 81.4 cm³/mol. The molecule has 0 fully saturated rings. The number of ether oxygens (including phenoxy) is 1. The number of hydrogen-bond acceptors (Lipinski definition) is 4. The summed E-state index contributed by atoms with van der Waals surface area (Å²) in [5, 5.41) is 3.22. The maximum Gasteiger partial charge on any atom is 0.326 e. The van der Waals surface area contributed by atoms with Crippen LogP contribution in [0.25, 0.3) is 0 Å². The topological polar surface area (TPSA) is 38.3 Å². The molecule has 106 valence electrons. The number of nitrogens with one attached hydrogen (secondary N) is 1. The van der Waals surface area contributed by atoms with Crippen molar-refractivity contribution in [2.75, 3.05) is 19.4 Å². The van der Waals surface area contributed by atoms with Crippen molar-refractivity contribution in [1.29, 1.82) is 0 Å². The van der Waals surface area contributed by atoms with Crippen LogP contribution in [0.1, 0.15) is 25.0 Å². The standard InChI is InChI=1S/C15H23NO2S/c1-5-16-15(3,14(17)18-4)11-19-10-13-9-7-6-8-12(13)2/h6-9,16H,5,10-11H2,1-4H3. The number of benzene rings is 1. The van der Waals surface area contributed by atoms with Gasteiger partial charge in [0.2, 0.25) is 0 Å². The van der Waals surface area contributed by atoms with Gasteiger partial charge in [-0.1, -0.05) is 31.2 Å². The molecule has 1 atom stereocenters. The molecule has 0 heterocycles. The van der Waals surface area contributed by atoms with Gasteiger partial charge in [0.15, 0.2) is 0 Å². The Morgan fingerprint density at radius 1 is 1.42 bits per heavy atom. The van der Waals surface area contributed by atoms with E-state index in [-0.39, 0.29) is 5.97 Å². The van der Waals surface area contributed by atoms with Crippen LogP contribution in [0.15, 0.2) is 24.3 Å². The minimum absolute atomic E-state index is 0.202. The third kappa shape index (κ3) is 4.55. The lowest BCUT2D eigenvalue weighted by atomic mass is 10.1. The summed E-state index contributed by atoms with van der Waals surface area (Å²) in [7, 11) is 1.43. The van der Waals surface area contributed by atoms with Crippen molar-refractivity contribution in [2.45, 2.75) is 32.1 Å². The Hall–Kier alpha value is -1.00. The smallest absolute Gasteiger partial charge is 0.326 e. The highest BCUT2D eigenvalue weighted by Gasteiger charge is 2.33. The lowest BCUT2D eigenvalue weighted by molar-refractivity contribution is -0.146. The second-order valence-corrected chi connectivity index (χ2v) is 5.76. The van der Waals surface area contributed by atoms with Crippen LogP contribution in [-0.2, 0) is 15.3 Å². The number of likely N-dealkylation sites (N-methyl/N-ethyl adjacent to an activating group) is 1. The summed E-state index contributed by atoms with van der Waals surface area (Å²) in [6, 6.07) is 8.33. The highest BCUT2D eigenvalue weighted by molar-refractivity contribution is 7.98. The molecule has 1 aromatic rings. The van der Waals surface area contributed by atoms with E-state index in [2.05, 4.69) is 24.4 Å². The van der Waals surface area contributed by atoms with Crippen molar-refractivity contribution in [3.63, 3.8) is 0 Å². The van der Waals surface area contributed by atoms with Crippen LogP contribution in [0.5, 0.6) is 0 Å². The van der Waals surface area contributed by atoms with Gasteiger partial charge in [0, 0.05) is 11.5 Å². The monoisotopic (exact) mass is 281 g/mol. The minimum Gasteiger partial charge on any atom is -0.468 e. The average Bonchev–Trinajstić information content (AvgIpc) is 2.40. The van der Waals surface area contributed by atoms with E-state index in [0.29, 0.717) is 5.75 Å². The average molecular weight is 281 g/mol. The van der Waals surface area contributed by atoms with Gasteiger partial charge >= 0.3 is 5.97 Å². The number of methoxy groups -OCH3 is 1. The first kappa shape index (κ1) is 16.1. The molecule has 1 N–H and O–H groups in total. The molecule has 19 heavy (non-hydrogen) atoms. The maximum atomic E-state index is 11.8. The van der Waals surface area contributed by atoms with Gasteiger partial charge in [-0.15, -0.1) is 0 Å². The van der Waals surface area contributed by atoms with Gasteiger partial charge in [0.1, 0.15) is 5.54 Å². The second kappa shape index (κ2) is 7.56. The van der Waals surface area contributed by atoms with Crippen LogP contribution in [0.2, 0.25) is 0 Å². The van der Waals surface area contributed by atoms with E-state index in [4.69, 9.17) is 4.74 Å². The van der Waals surface area contributed by atoms with Crippen molar-refractivity contribution in [2.24, 2.45) is 0 Å². The van der Waals surface area contributed by atoms with Gasteiger partial charge in [-0.3, -0.25) is 4.79 Å². The zero-order valence-electron chi connectivity index (χ0n) is 12.2. The second-order valence-electron chi connectivity index (χ2n) is 4.77. The van der Waals surface area contributed by atoms with Gasteiger partial charge in [0.05, 0.1) is 7.11 Å². The number of hydrogen-bond donors (Lipinski definition) is 1. The van der Waals surface area contributed by atoms with E-state index in [1.807, 2.05) is 26.0 Å². The number of rotatable bonds is 7. The van der Waals surface area contributed by atoms with E-state index in [0.717, 1.165) is 12.3 Å². The van der Waals surface area contributed by atoms with E-state index in [1.165, 1.54) is 18.2 Å². The fourth-order valence-electron chi connectivity index (χ4n) is 1.93. The largest absolute Gasteiger partial charge is 0.468 e. The highest BCUT2D eigenvalue weighted by atomic mass is 32.2. The van der Waals surface area contributed by atoms with Crippen LogP contribution in [0.4, 0.5) is 0 Å². The predicted octanol–water partition coefficient (Wildman–Crippen LogP) is 2.77. The number of aryl methyl sites for hydroxylation is 1. The summed E-state index contributed by atoms with van der Waals surface area (Å²) in [5.41, 5.74) is 1.99. The maximum absolute atomic E-state index is 11.8. The molecule has 0 saturated heterocycles. The SMILES string of the molecule is CCNC(C)(CSCc1ccccc1C)C(=O)OC. The molecular formula is C15H23NO2S. The molecular weight excluding hydrogens is 258 g/mol. The number of thioether (sulfide) groups is 1. The van der Waals surface area contributed by atoms with E-state index >= 15 is 0 Å². The van der Waals surface area contributed by atoms with Crippen molar-refractivity contribution in [1.82, 2.24) is 5.32 Å². The molecule has 0 bridgehead atoms. The summed E-state index contributed by atoms with van der Waals surface area (Å²) < 4.78 is 4.88. The van der Waals surface area contributed by atoms with E-state index < -0.39 is 5.54 Å². The number of carbonyl (C=O) groups is 1. The van der Waals surface area contributed by atoms with Crippen molar-refractivity contribution in [3.8, 4) is 0 Å². The van der Waals surface area contributed by atoms with Gasteiger partial charge in [-0.25, -0.2) is 0 Å². The first-order valence-corrected chi connectivity index (χ1v) is 7.64. The van der Waals surface area contributed by atoms with Crippen LogP contribution in [0.3, 0.4) is 0 Å². The van der Waals surface area contributed by atoms with Crippen LogP contribution in [-0.4, -0.2) is 30.9 Å². The van der Waals surface area contributed by atoms with Crippen molar-refractivity contribution in [3.05, 3.63) is 35.4 Å². The molecule has 1 aromatic carbocycles. The Balaban J connectivity index is 2.58. The Morgan fingerprint density at radius 2 is 2.11 bits per heavy atom. The van der Waals surface area contributed by atoms with E-state index in [1.54, 1.807) is 11.8 Å². The summed E-state index contributed by atoms with van der Waals surface area (Å²) in [4.78, 5) is 11.8. The van der Waals surface area contributed by atoms with Gasteiger partial charge < -0.3 is 10.1 Å². The minimum atomic E-state index is -0.614. The lowest BCUT2D eigenvalue weighted by Gasteiger charge is -2.27. The normalized spacial score (nSPS) is 13.9. The zero-order chi connectivity index (χ0) is 14.3. The Labute approximate surface area is 120 Å². The van der Waals surface area contributed by atoms with Crippen LogP contribution in [0, 0.1) is 6.92 Å². The fraction of sp³-hybridized carbons (Fsp3) is 0.533. The van der Waals surface area contributed by atoms with Gasteiger partial charge in [-0.05, 0) is 31.5 Å². The Bertz CT molecular complexity index is 422. The number of esters is 1. The molecule has 0 amide bonds. The first-order valence-electron chi connectivity index (χ1n) is 6.49. The molecule has 0 saturated carbocycles. The van der Waals surface area contributed by atoms with E-state index in [9.17, 15) is 4.79 Å². The molecule has 1 rings (SSSR count). The first-order chi connectivity index (χ1) is 9.03. The van der Waals surface area contributed by atoms with Crippen molar-refractivity contribution >= 4 is 17.7 Å². The fourth-order valence-corrected chi connectivity index (χ4v) is 3.21. The molecule has 0 spiro atoms. The lowest BCUT2D eigenvalue weighted by Crippen LogP contribution is -2.52.